The Morgan fingerprint density at radius 3 is 2.06 bits per heavy atom. The van der Waals surface area contributed by atoms with Crippen LogP contribution in [-0.4, -0.2) is 16.7 Å². The van der Waals surface area contributed by atoms with Crippen LogP contribution in [0.4, 0.5) is 0 Å². The van der Waals surface area contributed by atoms with E-state index in [2.05, 4.69) is 65.8 Å². The van der Waals surface area contributed by atoms with Gasteiger partial charge in [-0.1, -0.05) is 78.9 Å². The van der Waals surface area contributed by atoms with Gasteiger partial charge in [0.05, 0.1) is 0 Å². The summed E-state index contributed by atoms with van der Waals surface area (Å²) in [6, 6.07) is 30.8. The highest BCUT2D eigenvalue weighted by Gasteiger charge is 2.20. The highest BCUT2D eigenvalue weighted by molar-refractivity contribution is 6.16. The molecule has 0 radical (unpaired) electrons. The largest absolute Gasteiger partial charge is 0.324 e. The molecular weight excluding hydrogens is 380 g/mol. The summed E-state index contributed by atoms with van der Waals surface area (Å²) in [5.41, 5.74) is 6.55. The van der Waals surface area contributed by atoms with Crippen LogP contribution in [0.2, 0.25) is 0 Å². The molecule has 1 atom stereocenters. The van der Waals surface area contributed by atoms with E-state index in [0.29, 0.717) is 0 Å². The molecule has 0 amide bonds. The summed E-state index contributed by atoms with van der Waals surface area (Å²) >= 11 is 0. The van der Waals surface area contributed by atoms with Crippen LogP contribution < -0.4 is 5.32 Å². The second-order valence-electron chi connectivity index (χ2n) is 7.50. The first-order valence-electron chi connectivity index (χ1n) is 10.3. The smallest absolute Gasteiger partial charge is 0.169 e. The first-order chi connectivity index (χ1) is 15.3. The molecule has 5 rings (SSSR count). The highest BCUT2D eigenvalue weighted by atomic mass is 15.2. The Kier molecular flexibility index (Phi) is 5.11. The second kappa shape index (κ2) is 8.36. The predicted octanol–water partition coefficient (Wildman–Crippen LogP) is 5.55. The van der Waals surface area contributed by atoms with Crippen LogP contribution in [-0.2, 0) is 0 Å². The molecule has 1 unspecified atom stereocenters. The van der Waals surface area contributed by atoms with E-state index in [9.17, 15) is 0 Å². The fourth-order valence-corrected chi connectivity index (χ4v) is 3.71. The molecule has 0 bridgehead atoms. The van der Waals surface area contributed by atoms with Gasteiger partial charge in [-0.05, 0) is 35.7 Å². The number of aryl methyl sites for hydroxylation is 1. The predicted molar refractivity (Wildman–Crippen MR) is 126 cm³/mol. The van der Waals surface area contributed by atoms with Crippen molar-refractivity contribution in [2.24, 2.45) is 9.98 Å². The fourth-order valence-electron chi connectivity index (χ4n) is 3.71. The van der Waals surface area contributed by atoms with Crippen molar-refractivity contribution >= 4 is 11.7 Å². The molecule has 150 valence electrons. The molecule has 1 N–H and O–H groups in total. The Labute approximate surface area is 182 Å². The minimum Gasteiger partial charge on any atom is -0.324 e. The molecule has 0 saturated heterocycles. The summed E-state index contributed by atoms with van der Waals surface area (Å²) in [5, 5.41) is 3.46. The van der Waals surface area contributed by atoms with Crippen LogP contribution in [0.15, 0.2) is 113 Å². The quantitative estimate of drug-likeness (QED) is 0.486. The number of hydrogen-bond acceptors (Lipinski definition) is 4. The van der Waals surface area contributed by atoms with Crippen molar-refractivity contribution in [3.05, 3.63) is 126 Å². The van der Waals surface area contributed by atoms with Gasteiger partial charge in [0.25, 0.3) is 0 Å². The zero-order valence-electron chi connectivity index (χ0n) is 17.2. The summed E-state index contributed by atoms with van der Waals surface area (Å²) in [6.45, 7) is 2.10. The van der Waals surface area contributed by atoms with Crippen LogP contribution >= 0.6 is 0 Å². The lowest BCUT2D eigenvalue weighted by molar-refractivity contribution is 0.756. The third-order valence-electron chi connectivity index (χ3n) is 5.37. The zero-order chi connectivity index (χ0) is 21.0. The summed E-state index contributed by atoms with van der Waals surface area (Å²) < 4.78 is 0. The summed E-state index contributed by atoms with van der Waals surface area (Å²) in [7, 11) is 0. The molecule has 31 heavy (non-hydrogen) atoms. The van der Waals surface area contributed by atoms with Gasteiger partial charge in [0.2, 0.25) is 0 Å². The standard InChI is InChI=1S/C27H22N4/c1-19-15-16-28-18-24(19)22-13-8-14-23(17-22)27-30-25(20-9-4-2-5-10-20)29-26(31-27)21-11-6-3-7-12-21/h2-18,25H,1H3,(H,29,30,31). The minimum atomic E-state index is -0.295. The van der Waals surface area contributed by atoms with Crippen molar-refractivity contribution < 1.29 is 0 Å². The van der Waals surface area contributed by atoms with E-state index in [-0.39, 0.29) is 6.17 Å². The molecule has 0 spiro atoms. The minimum absolute atomic E-state index is 0.295. The van der Waals surface area contributed by atoms with Crippen LogP contribution in [0, 0.1) is 6.92 Å². The molecule has 0 saturated carbocycles. The van der Waals surface area contributed by atoms with Crippen molar-refractivity contribution in [3.8, 4) is 11.1 Å². The molecule has 4 heteroatoms. The lowest BCUT2D eigenvalue weighted by Crippen LogP contribution is -2.36. The number of nitrogens with zero attached hydrogens (tertiary/aromatic N) is 3. The van der Waals surface area contributed by atoms with Crippen molar-refractivity contribution in [2.75, 3.05) is 0 Å². The number of aromatic nitrogens is 1. The lowest BCUT2D eigenvalue weighted by atomic mass is 10.0. The maximum Gasteiger partial charge on any atom is 0.169 e. The topological polar surface area (TPSA) is 49.6 Å². The molecule has 2 heterocycles. The van der Waals surface area contributed by atoms with Crippen molar-refractivity contribution in [1.82, 2.24) is 10.3 Å². The first kappa shape index (κ1) is 18.9. The third-order valence-corrected chi connectivity index (χ3v) is 5.37. The number of hydrogen-bond donors (Lipinski definition) is 1. The number of benzene rings is 3. The number of nitrogens with one attached hydrogen (secondary N) is 1. The lowest BCUT2D eigenvalue weighted by Gasteiger charge is -2.22. The van der Waals surface area contributed by atoms with Crippen molar-refractivity contribution in [1.29, 1.82) is 0 Å². The Balaban J connectivity index is 1.58. The van der Waals surface area contributed by atoms with E-state index in [1.54, 1.807) is 0 Å². The molecule has 1 aliphatic rings. The van der Waals surface area contributed by atoms with Crippen LogP contribution in [0.5, 0.6) is 0 Å². The van der Waals surface area contributed by atoms with Gasteiger partial charge in [0.1, 0.15) is 11.7 Å². The van der Waals surface area contributed by atoms with Crippen LogP contribution in [0.1, 0.15) is 28.4 Å². The Bertz CT molecular complexity index is 1260. The van der Waals surface area contributed by atoms with Gasteiger partial charge in [0, 0.05) is 29.1 Å². The zero-order valence-corrected chi connectivity index (χ0v) is 17.2. The maximum atomic E-state index is 4.96. The van der Waals surface area contributed by atoms with E-state index >= 15 is 0 Å². The molecule has 1 aliphatic heterocycles. The molecule has 0 fully saturated rings. The third kappa shape index (κ3) is 4.01. The Morgan fingerprint density at radius 1 is 0.677 bits per heavy atom. The number of aliphatic imine (C=N–C) groups is 2. The molecule has 4 aromatic rings. The van der Waals surface area contributed by atoms with Crippen LogP contribution in [0.3, 0.4) is 0 Å². The van der Waals surface area contributed by atoms with E-state index < -0.39 is 0 Å². The van der Waals surface area contributed by atoms with Gasteiger partial charge < -0.3 is 5.32 Å². The van der Waals surface area contributed by atoms with Gasteiger partial charge >= 0.3 is 0 Å². The van der Waals surface area contributed by atoms with Gasteiger partial charge in [-0.25, -0.2) is 9.98 Å². The molecular formula is C27H22N4. The second-order valence-corrected chi connectivity index (χ2v) is 7.50. The molecule has 4 nitrogen and oxygen atoms in total. The summed E-state index contributed by atoms with van der Waals surface area (Å²) in [6.07, 6.45) is 3.44. The average Bonchev–Trinajstić information content (AvgIpc) is 2.85. The fraction of sp³-hybridized carbons (Fsp3) is 0.0741. The van der Waals surface area contributed by atoms with E-state index in [4.69, 9.17) is 9.98 Å². The number of amidine groups is 2. The average molecular weight is 403 g/mol. The van der Waals surface area contributed by atoms with E-state index in [1.807, 2.05) is 54.9 Å². The Morgan fingerprint density at radius 2 is 1.32 bits per heavy atom. The SMILES string of the molecule is Cc1ccncc1-c1cccc(C2=NC(c3ccccc3)N=C(c3ccccc3)N2)c1. The monoisotopic (exact) mass is 402 g/mol. The molecule has 1 aromatic heterocycles. The number of pyridine rings is 1. The normalized spacial score (nSPS) is 15.6. The van der Waals surface area contributed by atoms with Crippen LogP contribution in [0.25, 0.3) is 11.1 Å². The summed E-state index contributed by atoms with van der Waals surface area (Å²) in [5.74, 6) is 1.63. The van der Waals surface area contributed by atoms with Crippen molar-refractivity contribution in [3.63, 3.8) is 0 Å². The van der Waals surface area contributed by atoms with Gasteiger partial charge in [-0.15, -0.1) is 0 Å². The molecule has 0 aliphatic carbocycles. The van der Waals surface area contributed by atoms with Gasteiger partial charge in [-0.3, -0.25) is 4.98 Å². The highest BCUT2D eigenvalue weighted by Crippen LogP contribution is 2.26. The van der Waals surface area contributed by atoms with Crippen molar-refractivity contribution in [2.45, 2.75) is 13.1 Å². The van der Waals surface area contributed by atoms with E-state index in [1.165, 1.54) is 5.56 Å². The van der Waals surface area contributed by atoms with E-state index in [0.717, 1.165) is 39.5 Å². The maximum absolute atomic E-state index is 4.96. The first-order valence-corrected chi connectivity index (χ1v) is 10.3. The summed E-state index contributed by atoms with van der Waals surface area (Å²) in [4.78, 5) is 14.2. The number of rotatable bonds is 4. The van der Waals surface area contributed by atoms with Gasteiger partial charge in [0.15, 0.2) is 6.17 Å². The van der Waals surface area contributed by atoms with Gasteiger partial charge in [-0.2, -0.15) is 0 Å². The Hall–Kier alpha value is -4.05. The molecule has 3 aromatic carbocycles.